The highest BCUT2D eigenvalue weighted by Gasteiger charge is 2.29. The van der Waals surface area contributed by atoms with Crippen LogP contribution in [0.1, 0.15) is 29.3 Å². The van der Waals surface area contributed by atoms with Crippen LogP contribution in [0.15, 0.2) is 30.3 Å². The molecule has 1 aliphatic heterocycles. The molecule has 2 aliphatic rings. The number of hydrogen-bond donors (Lipinski definition) is 0. The largest absolute Gasteiger partial charge is 0.445 e. The summed E-state index contributed by atoms with van der Waals surface area (Å²) in [5.41, 5.74) is 1.01. The first-order chi connectivity index (χ1) is 11.8. The molecule has 2 heterocycles. The second-order valence-electron chi connectivity index (χ2n) is 6.21. The summed E-state index contributed by atoms with van der Waals surface area (Å²) in [5.74, 6) is 0.644. The number of carbonyl (C=O) groups excluding carboxylic acids is 1. The molecule has 1 aromatic carbocycles. The minimum absolute atomic E-state index is 0.241. The Labute approximate surface area is 145 Å². The van der Waals surface area contributed by atoms with Gasteiger partial charge in [0.1, 0.15) is 11.6 Å². The lowest BCUT2D eigenvalue weighted by molar-refractivity contribution is 0.0942. The van der Waals surface area contributed by atoms with Gasteiger partial charge in [-0.2, -0.15) is 0 Å². The molecule has 0 N–H and O–H groups in total. The summed E-state index contributed by atoms with van der Waals surface area (Å²) < 4.78 is 5.40. The SMILES string of the molecule is O=C(OCc1ccccc1)N1CCN(c2nnc(C3CC3)s2)CC1. The maximum absolute atomic E-state index is 12.2. The third-order valence-electron chi connectivity index (χ3n) is 4.37. The summed E-state index contributed by atoms with van der Waals surface area (Å²) in [6, 6.07) is 9.75. The zero-order valence-corrected chi connectivity index (χ0v) is 14.2. The van der Waals surface area contributed by atoms with Crippen molar-refractivity contribution in [2.24, 2.45) is 0 Å². The molecule has 0 bridgehead atoms. The molecule has 1 amide bonds. The topological polar surface area (TPSA) is 58.6 Å². The number of anilines is 1. The van der Waals surface area contributed by atoms with Gasteiger partial charge >= 0.3 is 6.09 Å². The molecule has 1 saturated heterocycles. The summed E-state index contributed by atoms with van der Waals surface area (Å²) in [6.45, 7) is 3.19. The first kappa shape index (κ1) is 15.4. The van der Waals surface area contributed by atoms with Gasteiger partial charge in [0.05, 0.1) is 0 Å². The monoisotopic (exact) mass is 344 g/mol. The average molecular weight is 344 g/mol. The predicted octanol–water partition coefficient (Wildman–Crippen LogP) is 2.87. The summed E-state index contributed by atoms with van der Waals surface area (Å²) in [7, 11) is 0. The Morgan fingerprint density at radius 1 is 1.12 bits per heavy atom. The maximum atomic E-state index is 12.2. The third-order valence-corrected chi connectivity index (χ3v) is 5.52. The molecule has 4 rings (SSSR count). The van der Waals surface area contributed by atoms with E-state index in [0.29, 0.717) is 25.6 Å². The van der Waals surface area contributed by atoms with E-state index in [1.54, 1.807) is 16.2 Å². The van der Waals surface area contributed by atoms with Gasteiger partial charge in [0.15, 0.2) is 0 Å². The number of rotatable bonds is 4. The maximum Gasteiger partial charge on any atom is 0.410 e. The van der Waals surface area contributed by atoms with E-state index in [9.17, 15) is 4.79 Å². The first-order valence-electron chi connectivity index (χ1n) is 8.33. The predicted molar refractivity (Wildman–Crippen MR) is 92.3 cm³/mol. The summed E-state index contributed by atoms with van der Waals surface area (Å²) in [4.78, 5) is 16.2. The molecule has 6 nitrogen and oxygen atoms in total. The van der Waals surface area contributed by atoms with E-state index >= 15 is 0 Å². The Hall–Kier alpha value is -2.15. The molecule has 2 aromatic rings. The highest BCUT2D eigenvalue weighted by molar-refractivity contribution is 7.15. The van der Waals surface area contributed by atoms with E-state index in [0.717, 1.165) is 28.8 Å². The van der Waals surface area contributed by atoms with Gasteiger partial charge in [-0.3, -0.25) is 0 Å². The van der Waals surface area contributed by atoms with Gasteiger partial charge in [0, 0.05) is 32.1 Å². The Morgan fingerprint density at radius 3 is 2.58 bits per heavy atom. The van der Waals surface area contributed by atoms with E-state index < -0.39 is 0 Å². The third kappa shape index (κ3) is 3.51. The van der Waals surface area contributed by atoms with E-state index in [-0.39, 0.29) is 6.09 Å². The quantitative estimate of drug-likeness (QED) is 0.853. The molecule has 1 aliphatic carbocycles. The Kier molecular flexibility index (Phi) is 4.34. The van der Waals surface area contributed by atoms with Gasteiger partial charge in [-0.15, -0.1) is 10.2 Å². The van der Waals surface area contributed by atoms with Crippen LogP contribution in [-0.2, 0) is 11.3 Å². The highest BCUT2D eigenvalue weighted by atomic mass is 32.1. The van der Waals surface area contributed by atoms with Crippen LogP contribution in [0.5, 0.6) is 0 Å². The van der Waals surface area contributed by atoms with E-state index in [1.807, 2.05) is 30.3 Å². The minimum Gasteiger partial charge on any atom is -0.445 e. The van der Waals surface area contributed by atoms with Crippen molar-refractivity contribution in [3.05, 3.63) is 40.9 Å². The van der Waals surface area contributed by atoms with E-state index in [1.165, 1.54) is 12.8 Å². The van der Waals surface area contributed by atoms with Crippen LogP contribution in [0.25, 0.3) is 0 Å². The number of hydrogen-bond acceptors (Lipinski definition) is 6. The lowest BCUT2D eigenvalue weighted by Crippen LogP contribution is -2.48. The van der Waals surface area contributed by atoms with Crippen LogP contribution in [-0.4, -0.2) is 47.4 Å². The number of benzene rings is 1. The first-order valence-corrected chi connectivity index (χ1v) is 9.15. The van der Waals surface area contributed by atoms with Crippen LogP contribution >= 0.6 is 11.3 Å². The Bertz CT molecular complexity index is 694. The fourth-order valence-corrected chi connectivity index (χ4v) is 3.80. The second kappa shape index (κ2) is 6.76. The summed E-state index contributed by atoms with van der Waals surface area (Å²) in [5, 5.41) is 10.7. The highest BCUT2D eigenvalue weighted by Crippen LogP contribution is 2.42. The lowest BCUT2D eigenvalue weighted by atomic mass is 10.2. The van der Waals surface area contributed by atoms with Crippen molar-refractivity contribution in [1.29, 1.82) is 0 Å². The fourth-order valence-electron chi connectivity index (χ4n) is 2.74. The van der Waals surface area contributed by atoms with Crippen molar-refractivity contribution in [3.8, 4) is 0 Å². The van der Waals surface area contributed by atoms with Crippen molar-refractivity contribution >= 4 is 22.6 Å². The molecule has 2 fully saturated rings. The molecule has 0 atom stereocenters. The molecule has 0 spiro atoms. The van der Waals surface area contributed by atoms with Crippen molar-refractivity contribution in [1.82, 2.24) is 15.1 Å². The van der Waals surface area contributed by atoms with Crippen LogP contribution in [0.4, 0.5) is 9.93 Å². The van der Waals surface area contributed by atoms with Gasteiger partial charge in [-0.05, 0) is 18.4 Å². The second-order valence-corrected chi connectivity index (χ2v) is 7.20. The van der Waals surface area contributed by atoms with Crippen LogP contribution < -0.4 is 4.90 Å². The van der Waals surface area contributed by atoms with E-state index in [4.69, 9.17) is 4.74 Å². The smallest absolute Gasteiger partial charge is 0.410 e. The Balaban J connectivity index is 1.26. The van der Waals surface area contributed by atoms with E-state index in [2.05, 4.69) is 15.1 Å². The number of ether oxygens (including phenoxy) is 1. The molecular weight excluding hydrogens is 324 g/mol. The molecular formula is C17H20N4O2S. The van der Waals surface area contributed by atoms with Crippen LogP contribution in [0.2, 0.25) is 0 Å². The zero-order chi connectivity index (χ0) is 16.4. The van der Waals surface area contributed by atoms with Gasteiger partial charge in [-0.1, -0.05) is 41.7 Å². The molecule has 0 unspecified atom stereocenters. The molecule has 7 heteroatoms. The fraction of sp³-hybridized carbons (Fsp3) is 0.471. The molecule has 0 radical (unpaired) electrons. The molecule has 1 aromatic heterocycles. The summed E-state index contributed by atoms with van der Waals surface area (Å²) in [6.07, 6.45) is 2.25. The van der Waals surface area contributed by atoms with Gasteiger partial charge in [-0.25, -0.2) is 4.79 Å². The van der Waals surface area contributed by atoms with Crippen LogP contribution in [0, 0.1) is 0 Å². The number of amides is 1. The van der Waals surface area contributed by atoms with Crippen LogP contribution in [0.3, 0.4) is 0 Å². The van der Waals surface area contributed by atoms with Crippen molar-refractivity contribution in [3.63, 3.8) is 0 Å². The number of aromatic nitrogens is 2. The minimum atomic E-state index is -0.241. The van der Waals surface area contributed by atoms with Crippen molar-refractivity contribution in [2.75, 3.05) is 31.1 Å². The zero-order valence-electron chi connectivity index (χ0n) is 13.4. The van der Waals surface area contributed by atoms with Crippen molar-refractivity contribution < 1.29 is 9.53 Å². The molecule has 126 valence electrons. The Morgan fingerprint density at radius 2 is 1.88 bits per heavy atom. The average Bonchev–Trinajstić information content (AvgIpc) is 3.38. The van der Waals surface area contributed by atoms with Gasteiger partial charge in [0.25, 0.3) is 0 Å². The number of nitrogens with zero attached hydrogens (tertiary/aromatic N) is 4. The standard InChI is InChI=1S/C17H20N4O2S/c22-17(23-12-13-4-2-1-3-5-13)21-10-8-20(9-11-21)16-19-18-15(24-16)14-6-7-14/h1-5,14H,6-12H2. The number of piperazine rings is 1. The van der Waals surface area contributed by atoms with Gasteiger partial charge < -0.3 is 14.5 Å². The number of carbonyl (C=O) groups is 1. The van der Waals surface area contributed by atoms with Crippen molar-refractivity contribution in [2.45, 2.75) is 25.4 Å². The molecule has 1 saturated carbocycles. The molecule has 24 heavy (non-hydrogen) atoms. The van der Waals surface area contributed by atoms with Gasteiger partial charge in [0.2, 0.25) is 5.13 Å². The lowest BCUT2D eigenvalue weighted by Gasteiger charge is -2.33. The normalized spacial score (nSPS) is 17.8. The summed E-state index contributed by atoms with van der Waals surface area (Å²) >= 11 is 1.70.